The molecule has 3 aliphatic heterocycles. The summed E-state index contributed by atoms with van der Waals surface area (Å²) in [6, 6.07) is 4.21. The van der Waals surface area contributed by atoms with E-state index < -0.39 is 94.8 Å². The van der Waals surface area contributed by atoms with Crippen LogP contribution < -0.4 is 25.8 Å². The predicted octanol–water partition coefficient (Wildman–Crippen LogP) is 7.65. The maximum Gasteiger partial charge on any atom is 0.420 e. The van der Waals surface area contributed by atoms with Crippen LogP contribution in [0.4, 0.5) is 51.8 Å². The van der Waals surface area contributed by atoms with Crippen LogP contribution in [0.1, 0.15) is 42.0 Å². The van der Waals surface area contributed by atoms with Gasteiger partial charge >= 0.3 is 12.2 Å². The number of aromatic nitrogens is 3. The summed E-state index contributed by atoms with van der Waals surface area (Å²) in [6.07, 6.45) is -4.43. The summed E-state index contributed by atoms with van der Waals surface area (Å²) >= 11 is 0.606. The molecular weight excluding hydrogens is 748 g/mol. The van der Waals surface area contributed by atoms with Crippen molar-refractivity contribution in [1.82, 2.24) is 19.9 Å². The fraction of sp³-hybridized carbons (Fsp3) is 0.371. The van der Waals surface area contributed by atoms with Gasteiger partial charge in [0, 0.05) is 35.3 Å². The van der Waals surface area contributed by atoms with Gasteiger partial charge in [-0.3, -0.25) is 4.90 Å². The predicted molar refractivity (Wildman–Crippen MR) is 185 cm³/mol. The minimum Gasteiger partial charge on any atom is -0.490 e. The van der Waals surface area contributed by atoms with Crippen LogP contribution in [0, 0.1) is 23.0 Å². The lowest BCUT2D eigenvalue weighted by Crippen LogP contribution is -2.37. The van der Waals surface area contributed by atoms with E-state index in [1.165, 1.54) is 31.2 Å². The molecule has 19 heteroatoms. The van der Waals surface area contributed by atoms with Gasteiger partial charge in [0.15, 0.2) is 5.82 Å². The number of anilines is 3. The Kier molecular flexibility index (Phi) is 9.77. The number of methoxy groups -OCH3 is 1. The number of nitrogens with two attached hydrogens (primary N) is 2. The zero-order valence-electron chi connectivity index (χ0n) is 28.2. The highest BCUT2D eigenvalue weighted by Gasteiger charge is 2.45. The molecule has 0 radical (unpaired) electrons. The third-order valence-corrected chi connectivity index (χ3v) is 10.8. The van der Waals surface area contributed by atoms with Gasteiger partial charge < -0.3 is 25.8 Å². The number of rotatable bonds is 5. The van der Waals surface area contributed by atoms with E-state index in [9.17, 15) is 22.8 Å². The molecule has 2 saturated heterocycles. The molecule has 3 aliphatic rings. The fourth-order valence-corrected chi connectivity index (χ4v) is 8.46. The van der Waals surface area contributed by atoms with Crippen LogP contribution in [-0.2, 0) is 6.18 Å². The Bertz CT molecular complexity index is 2290. The number of hydrogen-bond donors (Lipinski definition) is 2. The first kappa shape index (κ1) is 37.1. The molecule has 10 nitrogen and oxygen atoms in total. The van der Waals surface area contributed by atoms with Crippen LogP contribution in [0.5, 0.6) is 11.8 Å². The van der Waals surface area contributed by atoms with E-state index in [2.05, 4.69) is 19.9 Å². The molecule has 0 bridgehead atoms. The molecule has 4 N–H and O–H groups in total. The molecule has 54 heavy (non-hydrogen) atoms. The molecule has 6 heterocycles. The number of halogens is 8. The molecule has 0 aliphatic carbocycles. The number of nitrogens with zero attached hydrogens (tertiary/aromatic N) is 6. The second kappa shape index (κ2) is 14.2. The highest BCUT2D eigenvalue weighted by molar-refractivity contribution is 7.23. The Morgan fingerprint density at radius 2 is 1.89 bits per heavy atom. The van der Waals surface area contributed by atoms with Crippen molar-refractivity contribution in [3.8, 4) is 29.0 Å². The van der Waals surface area contributed by atoms with Crippen LogP contribution in [0.2, 0.25) is 0 Å². The summed E-state index contributed by atoms with van der Waals surface area (Å²) in [6.45, 7) is 0.802. The lowest BCUT2D eigenvalue weighted by molar-refractivity contribution is -0.138. The SMILES string of the molecule is COc1nc2c3c(c(C(F)(F)F)c(-c4ccc(F)c5sc(N)c(C#N)c45)c(F)c3n1)OCCN2C(c1cccnc1N)C(F)F.FC1CC2CCCN2C1. The normalized spacial score (nSPS) is 18.9. The van der Waals surface area contributed by atoms with Crippen LogP contribution in [0.3, 0.4) is 0 Å². The first-order chi connectivity index (χ1) is 25.7. The van der Waals surface area contributed by atoms with Crippen molar-refractivity contribution in [1.29, 1.82) is 5.26 Å². The number of fused-ring (bicyclic) bond motifs is 2. The Morgan fingerprint density at radius 3 is 2.56 bits per heavy atom. The summed E-state index contributed by atoms with van der Waals surface area (Å²) < 4.78 is 129. The Hall–Kier alpha value is -5.22. The average molecular weight is 779 g/mol. The molecular formula is C35H30F8N8O2S. The lowest BCUT2D eigenvalue weighted by Gasteiger charge is -2.32. The van der Waals surface area contributed by atoms with Gasteiger partial charge in [0.1, 0.15) is 64.2 Å². The van der Waals surface area contributed by atoms with Gasteiger partial charge in [-0.1, -0.05) is 12.1 Å². The second-order valence-electron chi connectivity index (χ2n) is 12.8. The Morgan fingerprint density at radius 1 is 1.11 bits per heavy atom. The number of benzene rings is 2. The maximum absolute atomic E-state index is 16.8. The second-order valence-corrected chi connectivity index (χ2v) is 13.9. The lowest BCUT2D eigenvalue weighted by atomic mass is 9.91. The number of nitriles is 1. The fourth-order valence-electron chi connectivity index (χ4n) is 7.51. The molecule has 2 aromatic carbocycles. The van der Waals surface area contributed by atoms with Crippen LogP contribution in [0.15, 0.2) is 30.5 Å². The zero-order valence-corrected chi connectivity index (χ0v) is 29.0. The average Bonchev–Trinajstić information content (AvgIpc) is 3.77. The summed E-state index contributed by atoms with van der Waals surface area (Å²) in [5, 5.41) is 8.51. The van der Waals surface area contributed by atoms with E-state index in [0.29, 0.717) is 23.9 Å². The number of nitrogen functional groups attached to an aromatic ring is 2. The molecule has 3 aromatic heterocycles. The van der Waals surface area contributed by atoms with Crippen molar-refractivity contribution in [2.45, 2.75) is 50.1 Å². The van der Waals surface area contributed by atoms with Gasteiger partial charge in [0.05, 0.1) is 29.3 Å². The minimum atomic E-state index is -5.34. The summed E-state index contributed by atoms with van der Waals surface area (Å²) in [5.74, 6) is -4.25. The molecule has 8 rings (SSSR count). The van der Waals surface area contributed by atoms with Crippen molar-refractivity contribution in [3.63, 3.8) is 0 Å². The molecule has 3 atom stereocenters. The molecule has 0 saturated carbocycles. The van der Waals surface area contributed by atoms with E-state index in [1.54, 1.807) is 6.07 Å². The third-order valence-electron chi connectivity index (χ3n) is 9.74. The first-order valence-electron chi connectivity index (χ1n) is 16.6. The number of hydrogen-bond acceptors (Lipinski definition) is 11. The maximum atomic E-state index is 16.8. The number of thiophene rings is 1. The monoisotopic (exact) mass is 778 g/mol. The smallest absolute Gasteiger partial charge is 0.420 e. The quantitative estimate of drug-likeness (QED) is 0.171. The van der Waals surface area contributed by atoms with Gasteiger partial charge in [-0.2, -0.15) is 28.4 Å². The van der Waals surface area contributed by atoms with Crippen LogP contribution in [0.25, 0.3) is 32.1 Å². The summed E-state index contributed by atoms with van der Waals surface area (Å²) in [7, 11) is 1.09. The third kappa shape index (κ3) is 6.30. The van der Waals surface area contributed by atoms with E-state index >= 15 is 17.6 Å². The van der Waals surface area contributed by atoms with Crippen molar-refractivity contribution >= 4 is 49.0 Å². The molecule has 3 unspecified atom stereocenters. The van der Waals surface area contributed by atoms with Crippen molar-refractivity contribution in [2.75, 3.05) is 49.7 Å². The first-order valence-corrected chi connectivity index (χ1v) is 17.4. The highest BCUT2D eigenvalue weighted by Crippen LogP contribution is 2.54. The Balaban J connectivity index is 0.000000433. The zero-order chi connectivity index (χ0) is 38.6. The van der Waals surface area contributed by atoms with Crippen LogP contribution in [-0.4, -0.2) is 71.8 Å². The van der Waals surface area contributed by atoms with Gasteiger partial charge in [-0.15, -0.1) is 11.3 Å². The van der Waals surface area contributed by atoms with Crippen LogP contribution >= 0.6 is 11.3 Å². The standard InChI is InChI=1S/C28H18F7N7O2S.C7H12FN/c1-43-27-40-19-16-21(44-8-7-42(26(16)41-27)20(23(31)32)11-3-2-6-39-24(11)37)17(28(33,34)35)15(18(19)30)10-4-5-13(29)22-14(10)12(9-36)25(38)45-22;8-6-4-7-2-1-3-9(7)5-6/h2-6,20,23H,7-8,38H2,1H3,(H2,37,39);6-7H,1-5H2. The van der Waals surface area contributed by atoms with E-state index in [-0.39, 0.29) is 32.0 Å². The molecule has 284 valence electrons. The largest absolute Gasteiger partial charge is 0.490 e. The number of ether oxygens (including phenoxy) is 2. The van der Waals surface area contributed by atoms with Crippen molar-refractivity contribution < 1.29 is 44.6 Å². The molecule has 0 spiro atoms. The van der Waals surface area contributed by atoms with Gasteiger partial charge in [-0.05, 0) is 43.5 Å². The van der Waals surface area contributed by atoms with Gasteiger partial charge in [0.25, 0.3) is 6.43 Å². The molecule has 5 aromatic rings. The number of alkyl halides is 6. The van der Waals surface area contributed by atoms with E-state index in [4.69, 9.17) is 20.9 Å². The number of pyridine rings is 1. The Labute approximate surface area is 305 Å². The summed E-state index contributed by atoms with van der Waals surface area (Å²) in [4.78, 5) is 15.1. The topological polar surface area (TPSA) is 139 Å². The van der Waals surface area contributed by atoms with Gasteiger partial charge in [-0.25, -0.2) is 26.9 Å². The van der Waals surface area contributed by atoms with E-state index in [0.717, 1.165) is 37.1 Å². The van der Waals surface area contributed by atoms with Gasteiger partial charge in [0.2, 0.25) is 0 Å². The van der Waals surface area contributed by atoms with Crippen molar-refractivity contribution in [2.24, 2.45) is 0 Å². The van der Waals surface area contributed by atoms with Crippen molar-refractivity contribution in [3.05, 3.63) is 58.8 Å². The summed E-state index contributed by atoms with van der Waals surface area (Å²) in [5.41, 5.74) is 7.19. The molecule has 0 amide bonds. The minimum absolute atomic E-state index is 0.164. The van der Waals surface area contributed by atoms with E-state index in [1.807, 2.05) is 0 Å². The highest BCUT2D eigenvalue weighted by atomic mass is 32.1. The molecule has 2 fully saturated rings.